The number of ether oxygens (including phenoxy) is 1. The molecule has 0 spiro atoms. The lowest BCUT2D eigenvalue weighted by molar-refractivity contribution is -0.133. The van der Waals surface area contributed by atoms with Crippen LogP contribution < -0.4 is 9.64 Å². The van der Waals surface area contributed by atoms with E-state index < -0.39 is 0 Å². The highest BCUT2D eigenvalue weighted by molar-refractivity contribution is 7.22. The van der Waals surface area contributed by atoms with Crippen LogP contribution in [-0.2, 0) is 4.79 Å². The van der Waals surface area contributed by atoms with Crippen molar-refractivity contribution in [3.8, 4) is 15.6 Å². The first-order valence-corrected chi connectivity index (χ1v) is 10.5. The van der Waals surface area contributed by atoms with Crippen molar-refractivity contribution in [3.05, 3.63) is 47.3 Å². The molecule has 0 saturated carbocycles. The molecule has 1 fully saturated rings. The van der Waals surface area contributed by atoms with E-state index in [1.54, 1.807) is 22.7 Å². The number of piperazine rings is 1. The van der Waals surface area contributed by atoms with Gasteiger partial charge in [-0.15, -0.1) is 21.5 Å². The molecule has 1 aromatic carbocycles. The van der Waals surface area contributed by atoms with E-state index in [4.69, 9.17) is 4.74 Å². The second kappa shape index (κ2) is 8.06. The molecule has 27 heavy (non-hydrogen) atoms. The van der Waals surface area contributed by atoms with Crippen LogP contribution >= 0.6 is 22.7 Å². The zero-order chi connectivity index (χ0) is 18.6. The molecule has 0 bridgehead atoms. The van der Waals surface area contributed by atoms with Gasteiger partial charge in [0.2, 0.25) is 5.13 Å². The van der Waals surface area contributed by atoms with Crippen LogP contribution in [0.1, 0.15) is 5.56 Å². The van der Waals surface area contributed by atoms with Crippen molar-refractivity contribution in [1.82, 2.24) is 15.1 Å². The number of carbonyl (C=O) groups is 1. The Hall–Kier alpha value is -2.45. The third-order valence-electron chi connectivity index (χ3n) is 4.49. The zero-order valence-electron chi connectivity index (χ0n) is 15.0. The Bertz CT molecular complexity index is 902. The van der Waals surface area contributed by atoms with Crippen LogP contribution in [0.4, 0.5) is 5.13 Å². The minimum Gasteiger partial charge on any atom is -0.484 e. The molecule has 3 aromatic rings. The summed E-state index contributed by atoms with van der Waals surface area (Å²) in [7, 11) is 0. The SMILES string of the molecule is Cc1ccccc1OCC(=O)N1CCN(c2nnc(-c3cccs3)s2)CC1. The Balaban J connectivity index is 1.30. The highest BCUT2D eigenvalue weighted by Crippen LogP contribution is 2.31. The Morgan fingerprint density at radius 1 is 1.11 bits per heavy atom. The Labute approximate surface area is 166 Å². The Morgan fingerprint density at radius 3 is 2.67 bits per heavy atom. The predicted octanol–water partition coefficient (Wildman–Crippen LogP) is 3.30. The van der Waals surface area contributed by atoms with Crippen molar-refractivity contribution >= 4 is 33.7 Å². The molecular weight excluding hydrogens is 380 g/mol. The van der Waals surface area contributed by atoms with E-state index in [0.717, 1.165) is 39.4 Å². The van der Waals surface area contributed by atoms with E-state index in [0.29, 0.717) is 13.1 Å². The van der Waals surface area contributed by atoms with Gasteiger partial charge in [0.25, 0.3) is 5.91 Å². The van der Waals surface area contributed by atoms with Crippen molar-refractivity contribution in [2.75, 3.05) is 37.7 Å². The summed E-state index contributed by atoms with van der Waals surface area (Å²) in [5, 5.41) is 12.5. The van der Waals surface area contributed by atoms with Crippen molar-refractivity contribution in [2.24, 2.45) is 0 Å². The van der Waals surface area contributed by atoms with Gasteiger partial charge in [0.1, 0.15) is 5.75 Å². The quantitative estimate of drug-likeness (QED) is 0.658. The number of nitrogens with zero attached hydrogens (tertiary/aromatic N) is 4. The lowest BCUT2D eigenvalue weighted by atomic mass is 10.2. The molecule has 8 heteroatoms. The molecule has 1 aliphatic heterocycles. The third-order valence-corrected chi connectivity index (χ3v) is 6.52. The summed E-state index contributed by atoms with van der Waals surface area (Å²) < 4.78 is 5.68. The number of amides is 1. The van der Waals surface area contributed by atoms with Crippen LogP contribution in [-0.4, -0.2) is 53.8 Å². The highest BCUT2D eigenvalue weighted by atomic mass is 32.1. The summed E-state index contributed by atoms with van der Waals surface area (Å²) in [6.07, 6.45) is 0. The normalized spacial score (nSPS) is 14.4. The van der Waals surface area contributed by atoms with Gasteiger partial charge in [-0.05, 0) is 30.0 Å². The van der Waals surface area contributed by atoms with Crippen molar-refractivity contribution in [2.45, 2.75) is 6.92 Å². The Kier molecular flexibility index (Phi) is 5.35. The summed E-state index contributed by atoms with van der Waals surface area (Å²) in [4.78, 5) is 17.6. The number of para-hydroxylation sites is 1. The first kappa shape index (κ1) is 17.9. The monoisotopic (exact) mass is 400 g/mol. The molecule has 0 aliphatic carbocycles. The average molecular weight is 401 g/mol. The molecule has 0 radical (unpaired) electrons. The van der Waals surface area contributed by atoms with Crippen LogP contribution in [0.15, 0.2) is 41.8 Å². The molecule has 0 unspecified atom stereocenters. The maximum atomic E-state index is 12.4. The minimum absolute atomic E-state index is 0.0226. The minimum atomic E-state index is 0.0226. The third kappa shape index (κ3) is 4.12. The van der Waals surface area contributed by atoms with Gasteiger partial charge in [-0.3, -0.25) is 4.79 Å². The summed E-state index contributed by atoms with van der Waals surface area (Å²) in [6.45, 7) is 4.91. The van der Waals surface area contributed by atoms with Crippen LogP contribution in [0.3, 0.4) is 0 Å². The summed E-state index contributed by atoms with van der Waals surface area (Å²) in [6, 6.07) is 11.8. The van der Waals surface area contributed by atoms with E-state index in [1.165, 1.54) is 0 Å². The molecule has 6 nitrogen and oxygen atoms in total. The largest absolute Gasteiger partial charge is 0.484 e. The van der Waals surface area contributed by atoms with Gasteiger partial charge in [-0.25, -0.2) is 0 Å². The second-order valence-electron chi connectivity index (χ2n) is 6.29. The number of hydrogen-bond acceptors (Lipinski definition) is 7. The summed E-state index contributed by atoms with van der Waals surface area (Å²) in [5.74, 6) is 0.786. The smallest absolute Gasteiger partial charge is 0.260 e. The summed E-state index contributed by atoms with van der Waals surface area (Å²) >= 11 is 3.27. The second-order valence-corrected chi connectivity index (χ2v) is 8.19. The van der Waals surface area contributed by atoms with Crippen LogP contribution in [0.5, 0.6) is 5.75 Å². The molecule has 3 heterocycles. The first-order chi connectivity index (χ1) is 13.2. The van der Waals surface area contributed by atoms with E-state index in [2.05, 4.69) is 21.2 Å². The number of benzene rings is 1. The Morgan fingerprint density at radius 2 is 1.93 bits per heavy atom. The van der Waals surface area contributed by atoms with Crippen LogP contribution in [0, 0.1) is 6.92 Å². The fraction of sp³-hybridized carbons (Fsp3) is 0.316. The number of hydrogen-bond donors (Lipinski definition) is 0. The molecule has 1 amide bonds. The van der Waals surface area contributed by atoms with Crippen molar-refractivity contribution in [3.63, 3.8) is 0 Å². The van der Waals surface area contributed by atoms with Crippen LogP contribution in [0.2, 0.25) is 0 Å². The van der Waals surface area contributed by atoms with Gasteiger partial charge >= 0.3 is 0 Å². The van der Waals surface area contributed by atoms with E-state index in [9.17, 15) is 4.79 Å². The average Bonchev–Trinajstić information content (AvgIpc) is 3.39. The number of thiophene rings is 1. The molecule has 140 valence electrons. The fourth-order valence-electron chi connectivity index (χ4n) is 2.94. The highest BCUT2D eigenvalue weighted by Gasteiger charge is 2.24. The number of aryl methyl sites for hydroxylation is 1. The maximum Gasteiger partial charge on any atom is 0.260 e. The topological polar surface area (TPSA) is 58.6 Å². The van der Waals surface area contributed by atoms with Gasteiger partial charge < -0.3 is 14.5 Å². The molecule has 0 N–H and O–H groups in total. The molecular formula is C19H20N4O2S2. The molecule has 0 atom stereocenters. The van der Waals surface area contributed by atoms with E-state index in [1.807, 2.05) is 47.5 Å². The van der Waals surface area contributed by atoms with Gasteiger partial charge in [-0.1, -0.05) is 35.6 Å². The van der Waals surface area contributed by atoms with Gasteiger partial charge in [-0.2, -0.15) is 0 Å². The number of rotatable bonds is 5. The maximum absolute atomic E-state index is 12.4. The van der Waals surface area contributed by atoms with Gasteiger partial charge in [0.05, 0.1) is 4.88 Å². The lowest BCUT2D eigenvalue weighted by Crippen LogP contribution is -2.50. The lowest BCUT2D eigenvalue weighted by Gasteiger charge is -2.34. The molecule has 2 aromatic heterocycles. The molecule has 4 rings (SSSR count). The number of anilines is 1. The molecule has 1 aliphatic rings. The fourth-order valence-corrected chi connectivity index (χ4v) is 4.63. The standard InChI is InChI=1S/C19H20N4O2S2/c1-14-5-2-3-6-15(14)25-13-17(24)22-8-10-23(11-9-22)19-21-20-18(27-19)16-7-4-12-26-16/h2-7,12H,8-11,13H2,1H3. The van der Waals surface area contributed by atoms with Crippen LogP contribution in [0.25, 0.3) is 9.88 Å². The van der Waals surface area contributed by atoms with E-state index in [-0.39, 0.29) is 12.5 Å². The number of aromatic nitrogens is 2. The summed E-state index contributed by atoms with van der Waals surface area (Å²) in [5.41, 5.74) is 1.04. The zero-order valence-corrected chi connectivity index (χ0v) is 16.6. The van der Waals surface area contributed by atoms with Gasteiger partial charge in [0, 0.05) is 26.2 Å². The molecule has 1 saturated heterocycles. The van der Waals surface area contributed by atoms with E-state index >= 15 is 0 Å². The first-order valence-electron chi connectivity index (χ1n) is 8.79. The predicted molar refractivity (Wildman–Crippen MR) is 109 cm³/mol. The van der Waals surface area contributed by atoms with Crippen molar-refractivity contribution < 1.29 is 9.53 Å². The number of carbonyl (C=O) groups excluding carboxylic acids is 1. The van der Waals surface area contributed by atoms with Gasteiger partial charge in [0.15, 0.2) is 11.6 Å². The van der Waals surface area contributed by atoms with Crippen molar-refractivity contribution in [1.29, 1.82) is 0 Å².